The van der Waals surface area contributed by atoms with E-state index in [0.717, 1.165) is 18.5 Å². The van der Waals surface area contributed by atoms with E-state index in [0.29, 0.717) is 22.6 Å². The van der Waals surface area contributed by atoms with Crippen LogP contribution in [0.2, 0.25) is 0 Å². The molecule has 0 radical (unpaired) electrons. The molecule has 0 aromatic heterocycles. The van der Waals surface area contributed by atoms with Crippen molar-refractivity contribution in [3.8, 4) is 0 Å². The minimum absolute atomic E-state index is 0.294. The molecule has 3 rings (SSSR count). The maximum atomic E-state index is 11.7. The minimum Gasteiger partial charge on any atom is -0.382 e. The lowest BCUT2D eigenvalue weighted by Crippen LogP contribution is -2.31. The van der Waals surface area contributed by atoms with Crippen LogP contribution in [0.1, 0.15) is 60.2 Å². The Morgan fingerprint density at radius 3 is 2.70 bits per heavy atom. The standard InChI is InChI=1S/C16H20N2O2/c1-16(2)7-3-4-11(9-16)17-10-5-6-12-13(8-10)15(20)18-14(12)19/h5-6,8,11,17H,3-4,7,9H2,1-2H3,(H,18,19,20). The van der Waals surface area contributed by atoms with Gasteiger partial charge in [0.15, 0.2) is 0 Å². The lowest BCUT2D eigenvalue weighted by Gasteiger charge is -2.36. The zero-order valence-corrected chi connectivity index (χ0v) is 12.0. The maximum Gasteiger partial charge on any atom is 0.259 e. The highest BCUT2D eigenvalue weighted by molar-refractivity contribution is 6.21. The van der Waals surface area contributed by atoms with Crippen LogP contribution in [0.5, 0.6) is 0 Å². The second-order valence-corrected chi connectivity index (χ2v) is 6.65. The quantitative estimate of drug-likeness (QED) is 0.814. The second kappa shape index (κ2) is 4.62. The van der Waals surface area contributed by atoms with Gasteiger partial charge < -0.3 is 5.32 Å². The van der Waals surface area contributed by atoms with E-state index in [-0.39, 0.29) is 11.8 Å². The van der Waals surface area contributed by atoms with Crippen molar-refractivity contribution in [2.75, 3.05) is 5.32 Å². The molecule has 0 saturated heterocycles. The summed E-state index contributed by atoms with van der Waals surface area (Å²) >= 11 is 0. The van der Waals surface area contributed by atoms with Gasteiger partial charge in [-0.15, -0.1) is 0 Å². The fourth-order valence-corrected chi connectivity index (χ4v) is 3.31. The summed E-state index contributed by atoms with van der Waals surface area (Å²) in [5.74, 6) is -0.590. The first kappa shape index (κ1) is 13.2. The van der Waals surface area contributed by atoms with Gasteiger partial charge in [0, 0.05) is 11.7 Å². The number of nitrogens with one attached hydrogen (secondary N) is 2. The van der Waals surface area contributed by atoms with E-state index in [1.165, 1.54) is 12.8 Å². The summed E-state index contributed by atoms with van der Waals surface area (Å²) in [5.41, 5.74) is 2.26. The van der Waals surface area contributed by atoms with Gasteiger partial charge in [0.1, 0.15) is 0 Å². The highest BCUT2D eigenvalue weighted by atomic mass is 16.2. The zero-order valence-electron chi connectivity index (χ0n) is 12.0. The monoisotopic (exact) mass is 272 g/mol. The molecule has 2 N–H and O–H groups in total. The molecule has 4 heteroatoms. The smallest absolute Gasteiger partial charge is 0.259 e. The Bertz CT molecular complexity index is 578. The molecular formula is C16H20N2O2. The predicted molar refractivity (Wildman–Crippen MR) is 77.9 cm³/mol. The molecule has 20 heavy (non-hydrogen) atoms. The fraction of sp³-hybridized carbons (Fsp3) is 0.500. The van der Waals surface area contributed by atoms with E-state index in [1.807, 2.05) is 6.07 Å². The Morgan fingerprint density at radius 2 is 1.95 bits per heavy atom. The molecule has 1 aliphatic heterocycles. The Kier molecular flexibility index (Phi) is 3.04. The molecule has 106 valence electrons. The van der Waals surface area contributed by atoms with Crippen molar-refractivity contribution >= 4 is 17.5 Å². The SMILES string of the molecule is CC1(C)CCCC(Nc2ccc3c(c2)C(=O)NC3=O)C1. The summed E-state index contributed by atoms with van der Waals surface area (Å²) in [5, 5.41) is 5.83. The van der Waals surface area contributed by atoms with E-state index < -0.39 is 0 Å². The highest BCUT2D eigenvalue weighted by Gasteiger charge is 2.29. The van der Waals surface area contributed by atoms with Crippen LogP contribution in [0.3, 0.4) is 0 Å². The van der Waals surface area contributed by atoms with Crippen molar-refractivity contribution in [1.29, 1.82) is 0 Å². The molecule has 0 spiro atoms. The number of imide groups is 1. The Hall–Kier alpha value is -1.84. The first-order valence-corrected chi connectivity index (χ1v) is 7.21. The van der Waals surface area contributed by atoms with Crippen LogP contribution in [-0.4, -0.2) is 17.9 Å². The van der Waals surface area contributed by atoms with Gasteiger partial charge in [-0.1, -0.05) is 20.3 Å². The van der Waals surface area contributed by atoms with Gasteiger partial charge in [-0.3, -0.25) is 14.9 Å². The number of benzene rings is 1. The van der Waals surface area contributed by atoms with Crippen LogP contribution in [-0.2, 0) is 0 Å². The summed E-state index contributed by atoms with van der Waals surface area (Å²) in [4.78, 5) is 23.2. The van der Waals surface area contributed by atoms with Gasteiger partial charge in [0.2, 0.25) is 0 Å². The third-order valence-electron chi connectivity index (χ3n) is 4.31. The van der Waals surface area contributed by atoms with E-state index in [1.54, 1.807) is 12.1 Å². The molecular weight excluding hydrogens is 252 g/mol. The number of carbonyl (C=O) groups excluding carboxylic acids is 2. The van der Waals surface area contributed by atoms with Crippen molar-refractivity contribution in [3.63, 3.8) is 0 Å². The van der Waals surface area contributed by atoms with Crippen molar-refractivity contribution in [3.05, 3.63) is 29.3 Å². The van der Waals surface area contributed by atoms with Gasteiger partial charge in [-0.2, -0.15) is 0 Å². The van der Waals surface area contributed by atoms with E-state index in [4.69, 9.17) is 0 Å². The number of rotatable bonds is 2. The molecule has 1 aromatic rings. The topological polar surface area (TPSA) is 58.2 Å². The van der Waals surface area contributed by atoms with Crippen LogP contribution in [0.15, 0.2) is 18.2 Å². The van der Waals surface area contributed by atoms with Gasteiger partial charge >= 0.3 is 0 Å². The molecule has 0 bridgehead atoms. The maximum absolute atomic E-state index is 11.7. The van der Waals surface area contributed by atoms with Crippen LogP contribution in [0.4, 0.5) is 5.69 Å². The van der Waals surface area contributed by atoms with Gasteiger partial charge in [-0.25, -0.2) is 0 Å². The lowest BCUT2D eigenvalue weighted by molar-refractivity contribution is 0.0879. The Labute approximate surface area is 118 Å². The Morgan fingerprint density at radius 1 is 1.20 bits per heavy atom. The van der Waals surface area contributed by atoms with Crippen molar-refractivity contribution in [1.82, 2.24) is 5.32 Å². The average Bonchev–Trinajstić information content (AvgIpc) is 2.63. The number of hydrogen-bond donors (Lipinski definition) is 2. The van der Waals surface area contributed by atoms with Crippen molar-refractivity contribution in [2.24, 2.45) is 5.41 Å². The molecule has 2 aliphatic rings. The molecule has 1 fully saturated rings. The van der Waals surface area contributed by atoms with E-state index in [9.17, 15) is 9.59 Å². The van der Waals surface area contributed by atoms with Crippen LogP contribution in [0, 0.1) is 5.41 Å². The normalized spacial score (nSPS) is 24.2. The minimum atomic E-state index is -0.296. The molecule has 1 unspecified atom stereocenters. The predicted octanol–water partition coefficient (Wildman–Crippen LogP) is 2.95. The summed E-state index contributed by atoms with van der Waals surface area (Å²) in [7, 11) is 0. The summed E-state index contributed by atoms with van der Waals surface area (Å²) < 4.78 is 0. The molecule has 1 atom stereocenters. The Balaban J connectivity index is 1.78. The number of fused-ring (bicyclic) bond motifs is 1. The first-order chi connectivity index (χ1) is 9.44. The molecule has 4 nitrogen and oxygen atoms in total. The lowest BCUT2D eigenvalue weighted by atomic mass is 9.75. The molecule has 2 amide bonds. The van der Waals surface area contributed by atoms with Crippen molar-refractivity contribution < 1.29 is 9.59 Å². The first-order valence-electron chi connectivity index (χ1n) is 7.21. The highest BCUT2D eigenvalue weighted by Crippen LogP contribution is 2.36. The van der Waals surface area contributed by atoms with Gasteiger partial charge in [0.05, 0.1) is 11.1 Å². The van der Waals surface area contributed by atoms with Gasteiger partial charge in [-0.05, 0) is 42.9 Å². The summed E-state index contributed by atoms with van der Waals surface area (Å²) in [6.07, 6.45) is 4.79. The van der Waals surface area contributed by atoms with Crippen LogP contribution < -0.4 is 10.6 Å². The summed E-state index contributed by atoms with van der Waals surface area (Å²) in [6.45, 7) is 4.60. The average molecular weight is 272 g/mol. The third-order valence-corrected chi connectivity index (χ3v) is 4.31. The molecule has 1 heterocycles. The number of carbonyl (C=O) groups is 2. The third kappa shape index (κ3) is 2.42. The molecule has 1 saturated carbocycles. The number of anilines is 1. The summed E-state index contributed by atoms with van der Waals surface area (Å²) in [6, 6.07) is 5.85. The van der Waals surface area contributed by atoms with E-state index >= 15 is 0 Å². The number of hydrogen-bond acceptors (Lipinski definition) is 3. The second-order valence-electron chi connectivity index (χ2n) is 6.65. The number of amides is 2. The molecule has 1 aliphatic carbocycles. The van der Waals surface area contributed by atoms with Crippen LogP contribution >= 0.6 is 0 Å². The molecule has 1 aromatic carbocycles. The van der Waals surface area contributed by atoms with E-state index in [2.05, 4.69) is 24.5 Å². The zero-order chi connectivity index (χ0) is 14.3. The largest absolute Gasteiger partial charge is 0.382 e. The van der Waals surface area contributed by atoms with Crippen LogP contribution in [0.25, 0.3) is 0 Å². The van der Waals surface area contributed by atoms with Crippen molar-refractivity contribution in [2.45, 2.75) is 45.6 Å². The van der Waals surface area contributed by atoms with Gasteiger partial charge in [0.25, 0.3) is 11.8 Å². The fourth-order valence-electron chi connectivity index (χ4n) is 3.31.